The van der Waals surface area contributed by atoms with Crippen LogP contribution in [0.2, 0.25) is 0 Å². The number of hydrogen-bond donors (Lipinski definition) is 0. The van der Waals surface area contributed by atoms with Crippen molar-refractivity contribution >= 4 is 17.7 Å². The zero-order valence-corrected chi connectivity index (χ0v) is 13.5. The number of fused-ring (bicyclic) bond motifs is 1. The Balaban J connectivity index is 1.71. The first-order valence-electron chi connectivity index (χ1n) is 7.57. The SMILES string of the molecule is Cc1ccc2c(c1)C(=O)N(CC(=O)N(C)Cc1cccnc1)C2=O. The summed E-state index contributed by atoms with van der Waals surface area (Å²) in [5, 5.41) is 0. The quantitative estimate of drug-likeness (QED) is 0.802. The Morgan fingerprint density at radius 3 is 2.62 bits per heavy atom. The summed E-state index contributed by atoms with van der Waals surface area (Å²) in [5.74, 6) is -1.13. The topological polar surface area (TPSA) is 70.6 Å². The summed E-state index contributed by atoms with van der Waals surface area (Å²) in [6.07, 6.45) is 3.33. The molecule has 0 bridgehead atoms. The van der Waals surface area contributed by atoms with E-state index in [0.717, 1.165) is 16.0 Å². The molecule has 1 aromatic heterocycles. The standard InChI is InChI=1S/C18H17N3O3/c1-12-5-6-14-15(8-12)18(24)21(17(14)23)11-16(22)20(2)10-13-4-3-7-19-9-13/h3-9H,10-11H2,1-2H3. The van der Waals surface area contributed by atoms with Crippen molar-refractivity contribution in [3.63, 3.8) is 0 Å². The smallest absolute Gasteiger partial charge is 0.262 e. The first kappa shape index (κ1) is 15.9. The highest BCUT2D eigenvalue weighted by atomic mass is 16.2. The Morgan fingerprint density at radius 1 is 1.17 bits per heavy atom. The van der Waals surface area contributed by atoms with Gasteiger partial charge in [-0.1, -0.05) is 17.7 Å². The van der Waals surface area contributed by atoms with Crippen LogP contribution in [-0.4, -0.2) is 46.1 Å². The van der Waals surface area contributed by atoms with Crippen LogP contribution in [0.5, 0.6) is 0 Å². The summed E-state index contributed by atoms with van der Waals surface area (Å²) in [4.78, 5) is 43.6. The highest BCUT2D eigenvalue weighted by molar-refractivity contribution is 6.22. The van der Waals surface area contributed by atoms with Gasteiger partial charge < -0.3 is 4.90 Å². The van der Waals surface area contributed by atoms with Gasteiger partial charge in [0.05, 0.1) is 11.1 Å². The number of carbonyl (C=O) groups is 3. The van der Waals surface area contributed by atoms with E-state index in [1.54, 1.807) is 43.7 Å². The molecule has 6 heteroatoms. The fourth-order valence-corrected chi connectivity index (χ4v) is 2.66. The number of rotatable bonds is 4. The second-order valence-electron chi connectivity index (χ2n) is 5.86. The minimum Gasteiger partial charge on any atom is -0.340 e. The number of aromatic nitrogens is 1. The van der Waals surface area contributed by atoms with Crippen molar-refractivity contribution < 1.29 is 14.4 Å². The van der Waals surface area contributed by atoms with Gasteiger partial charge in [0.25, 0.3) is 11.8 Å². The van der Waals surface area contributed by atoms with E-state index in [1.807, 2.05) is 13.0 Å². The zero-order chi connectivity index (χ0) is 17.3. The van der Waals surface area contributed by atoms with Crippen LogP contribution < -0.4 is 0 Å². The number of carbonyl (C=O) groups excluding carboxylic acids is 3. The zero-order valence-electron chi connectivity index (χ0n) is 13.5. The van der Waals surface area contributed by atoms with Gasteiger partial charge in [0.15, 0.2) is 0 Å². The fraction of sp³-hybridized carbons (Fsp3) is 0.222. The molecule has 24 heavy (non-hydrogen) atoms. The molecule has 0 radical (unpaired) electrons. The number of benzene rings is 1. The lowest BCUT2D eigenvalue weighted by Gasteiger charge is -2.20. The molecule has 0 atom stereocenters. The van der Waals surface area contributed by atoms with Gasteiger partial charge in [-0.2, -0.15) is 0 Å². The summed E-state index contributed by atoms with van der Waals surface area (Å²) in [6, 6.07) is 8.75. The molecule has 0 unspecified atom stereocenters. The fourth-order valence-electron chi connectivity index (χ4n) is 2.66. The third-order valence-electron chi connectivity index (χ3n) is 3.99. The molecule has 122 valence electrons. The number of imide groups is 1. The third-order valence-corrected chi connectivity index (χ3v) is 3.99. The normalized spacial score (nSPS) is 13.2. The van der Waals surface area contributed by atoms with Gasteiger partial charge in [0.2, 0.25) is 5.91 Å². The molecule has 0 aliphatic carbocycles. The summed E-state index contributed by atoms with van der Waals surface area (Å²) in [6.45, 7) is 1.96. The van der Waals surface area contributed by atoms with Gasteiger partial charge in [-0.3, -0.25) is 24.3 Å². The van der Waals surface area contributed by atoms with E-state index in [4.69, 9.17) is 0 Å². The lowest BCUT2D eigenvalue weighted by atomic mass is 10.1. The number of aryl methyl sites for hydroxylation is 1. The number of likely N-dealkylation sites (N-methyl/N-ethyl adjacent to an activating group) is 1. The van der Waals surface area contributed by atoms with Gasteiger partial charge in [-0.05, 0) is 30.7 Å². The van der Waals surface area contributed by atoms with Crippen LogP contribution in [0.1, 0.15) is 31.8 Å². The van der Waals surface area contributed by atoms with E-state index in [2.05, 4.69) is 4.98 Å². The summed E-state index contributed by atoms with van der Waals surface area (Å²) in [5.41, 5.74) is 2.50. The second-order valence-corrected chi connectivity index (χ2v) is 5.86. The number of amides is 3. The highest BCUT2D eigenvalue weighted by Gasteiger charge is 2.37. The van der Waals surface area contributed by atoms with Crippen molar-refractivity contribution in [3.8, 4) is 0 Å². The predicted octanol–water partition coefficient (Wildman–Crippen LogP) is 1.64. The molecule has 6 nitrogen and oxygen atoms in total. The van der Waals surface area contributed by atoms with E-state index < -0.39 is 11.8 Å². The molecule has 0 saturated carbocycles. The molecule has 1 aliphatic rings. The minimum atomic E-state index is -0.418. The molecule has 2 aromatic rings. The lowest BCUT2D eigenvalue weighted by molar-refractivity contribution is -0.130. The summed E-state index contributed by atoms with van der Waals surface area (Å²) >= 11 is 0. The maximum absolute atomic E-state index is 12.4. The van der Waals surface area contributed by atoms with E-state index >= 15 is 0 Å². The van der Waals surface area contributed by atoms with Crippen LogP contribution in [0.3, 0.4) is 0 Å². The molecule has 1 aliphatic heterocycles. The first-order chi connectivity index (χ1) is 11.5. The Morgan fingerprint density at radius 2 is 1.92 bits per heavy atom. The van der Waals surface area contributed by atoms with Crippen LogP contribution in [0.15, 0.2) is 42.7 Å². The van der Waals surface area contributed by atoms with Gasteiger partial charge in [0, 0.05) is 26.0 Å². The van der Waals surface area contributed by atoms with Crippen LogP contribution in [-0.2, 0) is 11.3 Å². The third kappa shape index (κ3) is 2.90. The Labute approximate surface area is 139 Å². The van der Waals surface area contributed by atoms with Crippen LogP contribution >= 0.6 is 0 Å². The van der Waals surface area contributed by atoms with Crippen molar-refractivity contribution in [2.45, 2.75) is 13.5 Å². The molecule has 0 N–H and O–H groups in total. The molecular weight excluding hydrogens is 306 g/mol. The Kier molecular flexibility index (Phi) is 4.12. The molecule has 3 rings (SSSR count). The second kappa shape index (κ2) is 6.23. The van der Waals surface area contributed by atoms with Gasteiger partial charge >= 0.3 is 0 Å². The predicted molar refractivity (Wildman–Crippen MR) is 87.3 cm³/mol. The van der Waals surface area contributed by atoms with Gasteiger partial charge in [0.1, 0.15) is 6.54 Å². The van der Waals surface area contributed by atoms with E-state index in [-0.39, 0.29) is 12.5 Å². The number of hydrogen-bond acceptors (Lipinski definition) is 4. The van der Waals surface area contributed by atoms with E-state index in [9.17, 15) is 14.4 Å². The van der Waals surface area contributed by atoms with Crippen LogP contribution in [0.25, 0.3) is 0 Å². The van der Waals surface area contributed by atoms with Crippen molar-refractivity contribution in [1.29, 1.82) is 0 Å². The van der Waals surface area contributed by atoms with E-state index in [1.165, 1.54) is 4.90 Å². The molecular formula is C18H17N3O3. The monoisotopic (exact) mass is 323 g/mol. The van der Waals surface area contributed by atoms with Gasteiger partial charge in [-0.15, -0.1) is 0 Å². The summed E-state index contributed by atoms with van der Waals surface area (Å²) < 4.78 is 0. The lowest BCUT2D eigenvalue weighted by Crippen LogP contribution is -2.40. The maximum Gasteiger partial charge on any atom is 0.262 e. The number of nitrogens with zero attached hydrogens (tertiary/aromatic N) is 3. The van der Waals surface area contributed by atoms with Crippen LogP contribution in [0, 0.1) is 6.92 Å². The van der Waals surface area contributed by atoms with Gasteiger partial charge in [-0.25, -0.2) is 0 Å². The molecule has 0 spiro atoms. The molecule has 1 aromatic carbocycles. The minimum absolute atomic E-state index is 0.262. The maximum atomic E-state index is 12.4. The summed E-state index contributed by atoms with van der Waals surface area (Å²) in [7, 11) is 1.64. The van der Waals surface area contributed by atoms with E-state index in [0.29, 0.717) is 17.7 Å². The van der Waals surface area contributed by atoms with Crippen LogP contribution in [0.4, 0.5) is 0 Å². The number of pyridine rings is 1. The molecule has 0 saturated heterocycles. The Bertz CT molecular complexity index is 818. The Hall–Kier alpha value is -3.02. The molecule has 3 amide bonds. The largest absolute Gasteiger partial charge is 0.340 e. The average Bonchev–Trinajstić information content (AvgIpc) is 2.80. The average molecular weight is 323 g/mol. The molecule has 2 heterocycles. The highest BCUT2D eigenvalue weighted by Crippen LogP contribution is 2.23. The first-order valence-corrected chi connectivity index (χ1v) is 7.57. The molecule has 0 fully saturated rings. The van der Waals surface area contributed by atoms with Crippen molar-refractivity contribution in [1.82, 2.24) is 14.8 Å². The van der Waals surface area contributed by atoms with Crippen molar-refractivity contribution in [3.05, 3.63) is 65.0 Å². The van der Waals surface area contributed by atoms with Crippen molar-refractivity contribution in [2.75, 3.05) is 13.6 Å². The van der Waals surface area contributed by atoms with Crippen molar-refractivity contribution in [2.24, 2.45) is 0 Å².